The predicted octanol–water partition coefficient (Wildman–Crippen LogP) is 5.57. The van der Waals surface area contributed by atoms with Gasteiger partial charge in [0.1, 0.15) is 23.9 Å². The number of aromatic nitrogens is 3. The summed E-state index contributed by atoms with van der Waals surface area (Å²) in [6, 6.07) is 27.1. The first-order valence-electron chi connectivity index (χ1n) is 13.7. The van der Waals surface area contributed by atoms with Crippen LogP contribution >= 0.6 is 11.8 Å². The summed E-state index contributed by atoms with van der Waals surface area (Å²) < 4.78 is 21.1. The molecule has 6 rings (SSSR count). The largest absolute Gasteiger partial charge is 0.497 e. The van der Waals surface area contributed by atoms with Crippen LogP contribution in [-0.4, -0.2) is 46.0 Å². The third-order valence-electron chi connectivity index (χ3n) is 7.14. The first-order valence-corrected chi connectivity index (χ1v) is 14.7. The van der Waals surface area contributed by atoms with E-state index in [-0.39, 0.29) is 41.7 Å². The molecular formula is C33H28FN5O3S. The van der Waals surface area contributed by atoms with Crippen molar-refractivity contribution in [2.45, 2.75) is 11.8 Å². The molecule has 8 nitrogen and oxygen atoms in total. The number of nitrogens with zero attached hydrogens (tertiary/aromatic N) is 4. The summed E-state index contributed by atoms with van der Waals surface area (Å²) in [5.74, 6) is 0.378. The van der Waals surface area contributed by atoms with Gasteiger partial charge < -0.3 is 10.1 Å². The van der Waals surface area contributed by atoms with Gasteiger partial charge in [-0.25, -0.2) is 9.07 Å². The number of amides is 2. The number of carbonyl (C=O) groups excluding carboxylic acids is 2. The number of rotatable bonds is 8. The Kier molecular flexibility index (Phi) is 8.19. The van der Waals surface area contributed by atoms with E-state index in [0.717, 1.165) is 22.3 Å². The number of methoxy groups -OCH3 is 1. The molecule has 216 valence electrons. The van der Waals surface area contributed by atoms with Crippen LogP contribution in [0.3, 0.4) is 0 Å². The molecule has 1 aliphatic rings. The molecule has 0 saturated heterocycles. The molecule has 2 aromatic heterocycles. The normalized spacial score (nSPS) is 14.6. The number of nitrogens with one attached hydrogen (secondary N) is 1. The molecule has 1 N–H and O–H groups in total. The van der Waals surface area contributed by atoms with Crippen molar-refractivity contribution in [2.24, 2.45) is 0 Å². The van der Waals surface area contributed by atoms with Crippen LogP contribution in [0.25, 0.3) is 16.9 Å². The maximum atomic E-state index is 14.0. The molecule has 2 amide bonds. The second-order valence-corrected chi connectivity index (χ2v) is 11.0. The van der Waals surface area contributed by atoms with Crippen LogP contribution < -0.4 is 15.0 Å². The number of carbonyl (C=O) groups is 2. The highest BCUT2D eigenvalue weighted by atomic mass is 32.2. The first-order chi connectivity index (χ1) is 21.0. The number of fused-ring (bicyclic) bond motifs is 1. The minimum atomic E-state index is -0.356. The van der Waals surface area contributed by atoms with Gasteiger partial charge in [-0.3, -0.25) is 19.5 Å². The van der Waals surface area contributed by atoms with Crippen molar-refractivity contribution in [1.82, 2.24) is 20.1 Å². The standard InChI is InChI=1S/C33H28FN5O3S/c1-42-27-15-13-26(14-16-27)39-33-30(31(37-39)23-7-3-2-4-8-23)32(24-9-11-25(34)12-10-24)43-21-29(41)38(33)20-28(40)36-19-22-6-5-17-35-18-22/h2-18,32H,19-21H2,1H3,(H,36,40)/t32-/m1/s1. The van der Waals surface area contributed by atoms with Gasteiger partial charge in [0.15, 0.2) is 0 Å². The monoisotopic (exact) mass is 593 g/mol. The molecule has 0 radical (unpaired) electrons. The summed E-state index contributed by atoms with van der Waals surface area (Å²) in [4.78, 5) is 32.8. The van der Waals surface area contributed by atoms with E-state index >= 15 is 0 Å². The predicted molar refractivity (Wildman–Crippen MR) is 165 cm³/mol. The van der Waals surface area contributed by atoms with E-state index < -0.39 is 0 Å². The van der Waals surface area contributed by atoms with Gasteiger partial charge >= 0.3 is 0 Å². The highest BCUT2D eigenvalue weighted by Gasteiger charge is 2.37. The lowest BCUT2D eigenvalue weighted by atomic mass is 9.99. The summed E-state index contributed by atoms with van der Waals surface area (Å²) in [6.07, 6.45) is 3.35. The Morgan fingerprint density at radius 1 is 1.02 bits per heavy atom. The molecule has 0 bridgehead atoms. The van der Waals surface area contributed by atoms with Crippen molar-refractivity contribution in [3.8, 4) is 22.7 Å². The summed E-state index contributed by atoms with van der Waals surface area (Å²) in [6.45, 7) is 0.0698. The lowest BCUT2D eigenvalue weighted by Gasteiger charge is -2.23. The molecule has 5 aromatic rings. The van der Waals surface area contributed by atoms with Gasteiger partial charge in [0.2, 0.25) is 11.8 Å². The highest BCUT2D eigenvalue weighted by molar-refractivity contribution is 8.00. The van der Waals surface area contributed by atoms with Crippen LogP contribution in [0.5, 0.6) is 5.75 Å². The molecule has 3 aromatic carbocycles. The van der Waals surface area contributed by atoms with E-state index in [9.17, 15) is 14.0 Å². The van der Waals surface area contributed by atoms with Crippen LogP contribution in [0.2, 0.25) is 0 Å². The average Bonchev–Trinajstić information content (AvgIpc) is 3.38. The van der Waals surface area contributed by atoms with Gasteiger partial charge in [0.05, 0.1) is 29.5 Å². The van der Waals surface area contributed by atoms with E-state index in [4.69, 9.17) is 9.84 Å². The Morgan fingerprint density at radius 2 is 1.79 bits per heavy atom. The van der Waals surface area contributed by atoms with Crippen molar-refractivity contribution >= 4 is 29.4 Å². The molecule has 43 heavy (non-hydrogen) atoms. The fourth-order valence-electron chi connectivity index (χ4n) is 5.04. The zero-order chi connectivity index (χ0) is 29.8. The number of halogens is 1. The van der Waals surface area contributed by atoms with Crippen LogP contribution in [0, 0.1) is 5.82 Å². The Balaban J connectivity index is 1.51. The lowest BCUT2D eigenvalue weighted by Crippen LogP contribution is -2.42. The number of pyridine rings is 1. The van der Waals surface area contributed by atoms with E-state index in [1.54, 1.807) is 42.4 Å². The number of hydrogen-bond acceptors (Lipinski definition) is 6. The minimum absolute atomic E-state index is 0.115. The second kappa shape index (κ2) is 12.5. The van der Waals surface area contributed by atoms with E-state index in [1.165, 1.54) is 28.8 Å². The number of thioether (sulfide) groups is 1. The number of benzene rings is 3. The van der Waals surface area contributed by atoms with Crippen LogP contribution in [0.15, 0.2) is 103 Å². The molecule has 1 atom stereocenters. The van der Waals surface area contributed by atoms with E-state index in [2.05, 4.69) is 10.3 Å². The Bertz CT molecular complexity index is 1730. The van der Waals surface area contributed by atoms with Gasteiger partial charge in [-0.1, -0.05) is 48.5 Å². The topological polar surface area (TPSA) is 89.3 Å². The lowest BCUT2D eigenvalue weighted by molar-refractivity contribution is -0.123. The maximum Gasteiger partial charge on any atom is 0.240 e. The zero-order valence-corrected chi connectivity index (χ0v) is 24.1. The first kappa shape index (κ1) is 28.2. The van der Waals surface area contributed by atoms with E-state index in [0.29, 0.717) is 22.9 Å². The van der Waals surface area contributed by atoms with Gasteiger partial charge in [-0.05, 0) is 53.6 Å². The molecule has 0 fully saturated rings. The molecule has 1 aliphatic heterocycles. The molecule has 3 heterocycles. The van der Waals surface area contributed by atoms with Crippen molar-refractivity contribution in [3.05, 3.63) is 126 Å². The van der Waals surface area contributed by atoms with Crippen LogP contribution in [0.1, 0.15) is 21.9 Å². The average molecular weight is 594 g/mol. The summed E-state index contributed by atoms with van der Waals surface area (Å²) in [5, 5.41) is 7.62. The quantitative estimate of drug-likeness (QED) is 0.253. The Labute approximate surface area is 252 Å². The van der Waals surface area contributed by atoms with Crippen LogP contribution in [-0.2, 0) is 16.1 Å². The third-order valence-corrected chi connectivity index (χ3v) is 8.40. The number of anilines is 1. The SMILES string of the molecule is COc1ccc(-n2nc(-c3ccccc3)c3c2N(CC(=O)NCc2cccnc2)C(=O)CS[C@@H]3c2ccc(F)cc2)cc1. The summed E-state index contributed by atoms with van der Waals surface area (Å²) in [7, 11) is 1.59. The van der Waals surface area contributed by atoms with Crippen molar-refractivity contribution in [3.63, 3.8) is 0 Å². The van der Waals surface area contributed by atoms with Gasteiger partial charge in [-0.15, -0.1) is 11.8 Å². The molecule has 10 heteroatoms. The maximum absolute atomic E-state index is 14.0. The van der Waals surface area contributed by atoms with Crippen molar-refractivity contribution < 1.29 is 18.7 Å². The smallest absolute Gasteiger partial charge is 0.240 e. The minimum Gasteiger partial charge on any atom is -0.497 e. The molecular weight excluding hydrogens is 565 g/mol. The Morgan fingerprint density at radius 3 is 2.49 bits per heavy atom. The fourth-order valence-corrected chi connectivity index (χ4v) is 6.23. The number of hydrogen-bond donors (Lipinski definition) is 1. The van der Waals surface area contributed by atoms with Crippen molar-refractivity contribution in [2.75, 3.05) is 24.3 Å². The highest BCUT2D eigenvalue weighted by Crippen LogP contribution is 2.48. The molecule has 0 spiro atoms. The fraction of sp³-hybridized carbons (Fsp3) is 0.152. The van der Waals surface area contributed by atoms with Crippen molar-refractivity contribution in [1.29, 1.82) is 0 Å². The third kappa shape index (κ3) is 6.00. The summed E-state index contributed by atoms with van der Waals surface area (Å²) >= 11 is 1.43. The molecule has 0 unspecified atom stereocenters. The van der Waals surface area contributed by atoms with Gasteiger partial charge in [0, 0.05) is 30.1 Å². The molecule has 0 aliphatic carbocycles. The van der Waals surface area contributed by atoms with Gasteiger partial charge in [0.25, 0.3) is 0 Å². The van der Waals surface area contributed by atoms with Crippen LogP contribution in [0.4, 0.5) is 10.2 Å². The zero-order valence-electron chi connectivity index (χ0n) is 23.3. The second-order valence-electron chi connectivity index (χ2n) is 9.92. The molecule has 0 saturated carbocycles. The summed E-state index contributed by atoms with van der Waals surface area (Å²) in [5.41, 5.74) is 4.66. The van der Waals surface area contributed by atoms with Gasteiger partial charge in [-0.2, -0.15) is 5.10 Å². The van der Waals surface area contributed by atoms with E-state index in [1.807, 2.05) is 60.7 Å². The number of ether oxygens (including phenoxy) is 1. The Hall–Kier alpha value is -4.96.